The van der Waals surface area contributed by atoms with Crippen molar-refractivity contribution in [1.29, 1.82) is 0 Å². The molecule has 0 spiro atoms. The van der Waals surface area contributed by atoms with Gasteiger partial charge in [-0.1, -0.05) is 6.07 Å². The molecule has 5 nitrogen and oxygen atoms in total. The van der Waals surface area contributed by atoms with Crippen molar-refractivity contribution in [1.82, 2.24) is 10.3 Å². The lowest BCUT2D eigenvalue weighted by Gasteiger charge is -2.40. The number of rotatable bonds is 4. The Morgan fingerprint density at radius 2 is 2.25 bits per heavy atom. The number of nitrogens with zero attached hydrogens (tertiary/aromatic N) is 1. The lowest BCUT2D eigenvalue weighted by atomic mass is 9.73. The van der Waals surface area contributed by atoms with Crippen LogP contribution in [0.25, 0.3) is 0 Å². The van der Waals surface area contributed by atoms with Crippen LogP contribution >= 0.6 is 0 Å². The van der Waals surface area contributed by atoms with E-state index in [0.717, 1.165) is 37.8 Å². The molecule has 0 aromatic carbocycles. The number of carbonyl (C=O) groups excluding carboxylic acids is 1. The fourth-order valence-corrected chi connectivity index (χ4v) is 3.08. The summed E-state index contributed by atoms with van der Waals surface area (Å²) in [5.41, 5.74) is 0.937. The van der Waals surface area contributed by atoms with Crippen LogP contribution in [0.4, 0.5) is 0 Å². The maximum atomic E-state index is 10.9. The SMILES string of the molecule is O=CC1CCC(CC2OCCO2)(c2ccccn2)CN1. The maximum absolute atomic E-state index is 10.9. The molecule has 0 bridgehead atoms. The van der Waals surface area contributed by atoms with Crippen molar-refractivity contribution in [2.75, 3.05) is 19.8 Å². The van der Waals surface area contributed by atoms with Gasteiger partial charge in [-0.2, -0.15) is 0 Å². The molecule has 0 saturated carbocycles. The molecule has 0 amide bonds. The first-order chi connectivity index (χ1) is 9.82. The fraction of sp³-hybridized carbons (Fsp3) is 0.600. The van der Waals surface area contributed by atoms with E-state index in [-0.39, 0.29) is 17.7 Å². The summed E-state index contributed by atoms with van der Waals surface area (Å²) < 4.78 is 11.2. The minimum atomic E-state index is -0.161. The molecule has 3 rings (SSSR count). The van der Waals surface area contributed by atoms with Gasteiger partial charge in [0.25, 0.3) is 0 Å². The van der Waals surface area contributed by atoms with Crippen molar-refractivity contribution in [3.8, 4) is 0 Å². The van der Waals surface area contributed by atoms with Crippen molar-refractivity contribution >= 4 is 6.29 Å². The summed E-state index contributed by atoms with van der Waals surface area (Å²) in [7, 11) is 0. The molecular formula is C15H20N2O3. The van der Waals surface area contributed by atoms with Gasteiger partial charge in [-0.05, 0) is 25.0 Å². The normalized spacial score (nSPS) is 31.3. The standard InChI is InChI=1S/C15H20N2O3/c18-10-12-4-5-15(11-17-12,9-14-19-7-8-20-14)13-3-1-2-6-16-13/h1-3,6,10,12,14,17H,4-5,7-9,11H2. The second-order valence-corrected chi connectivity index (χ2v) is 5.53. The average molecular weight is 276 g/mol. The lowest BCUT2D eigenvalue weighted by molar-refractivity contribution is -0.110. The van der Waals surface area contributed by atoms with Crippen LogP contribution in [0.5, 0.6) is 0 Å². The summed E-state index contributed by atoms with van der Waals surface area (Å²) >= 11 is 0. The summed E-state index contributed by atoms with van der Waals surface area (Å²) in [5, 5.41) is 3.31. The van der Waals surface area contributed by atoms with Crippen molar-refractivity contribution < 1.29 is 14.3 Å². The highest BCUT2D eigenvalue weighted by Crippen LogP contribution is 2.37. The van der Waals surface area contributed by atoms with Crippen molar-refractivity contribution in [3.63, 3.8) is 0 Å². The highest BCUT2D eigenvalue weighted by atomic mass is 16.7. The topological polar surface area (TPSA) is 60.5 Å². The third kappa shape index (κ3) is 2.75. The molecule has 1 aromatic rings. The molecule has 0 aliphatic carbocycles. The van der Waals surface area contributed by atoms with Crippen LogP contribution in [0.2, 0.25) is 0 Å². The van der Waals surface area contributed by atoms with E-state index in [1.807, 2.05) is 18.3 Å². The largest absolute Gasteiger partial charge is 0.350 e. The third-order valence-electron chi connectivity index (χ3n) is 4.26. The van der Waals surface area contributed by atoms with Gasteiger partial charge in [0.15, 0.2) is 6.29 Å². The molecule has 0 radical (unpaired) electrons. The Morgan fingerprint density at radius 3 is 2.85 bits per heavy atom. The molecule has 1 aromatic heterocycles. The molecule has 3 heterocycles. The second-order valence-electron chi connectivity index (χ2n) is 5.53. The molecule has 108 valence electrons. The van der Waals surface area contributed by atoms with Crippen LogP contribution in [0, 0.1) is 0 Å². The number of aromatic nitrogens is 1. The van der Waals surface area contributed by atoms with Gasteiger partial charge in [0.1, 0.15) is 6.29 Å². The monoisotopic (exact) mass is 276 g/mol. The van der Waals surface area contributed by atoms with Crippen LogP contribution in [-0.4, -0.2) is 43.4 Å². The lowest BCUT2D eigenvalue weighted by Crippen LogP contribution is -2.50. The van der Waals surface area contributed by atoms with Gasteiger partial charge >= 0.3 is 0 Å². The van der Waals surface area contributed by atoms with Gasteiger partial charge in [-0.3, -0.25) is 4.98 Å². The summed E-state index contributed by atoms with van der Waals surface area (Å²) in [6.07, 6.45) is 5.18. The Bertz CT molecular complexity index is 438. The van der Waals surface area contributed by atoms with E-state index in [0.29, 0.717) is 13.2 Å². The number of hydrogen-bond donors (Lipinski definition) is 1. The van der Waals surface area contributed by atoms with Gasteiger partial charge in [0.2, 0.25) is 0 Å². The highest BCUT2D eigenvalue weighted by molar-refractivity contribution is 5.57. The Labute approximate surface area is 118 Å². The molecule has 2 aliphatic heterocycles. The van der Waals surface area contributed by atoms with Gasteiger partial charge in [-0.15, -0.1) is 0 Å². The van der Waals surface area contributed by atoms with Crippen LogP contribution in [-0.2, 0) is 19.7 Å². The number of nitrogens with one attached hydrogen (secondary N) is 1. The summed E-state index contributed by atoms with van der Waals surface area (Å²) in [5.74, 6) is 0. The molecule has 20 heavy (non-hydrogen) atoms. The molecule has 2 saturated heterocycles. The van der Waals surface area contributed by atoms with Gasteiger partial charge in [0.05, 0.1) is 19.3 Å². The number of carbonyl (C=O) groups is 1. The predicted octanol–water partition coefficient (Wildman–Crippen LogP) is 1.03. The average Bonchev–Trinajstić information content (AvgIpc) is 3.02. The summed E-state index contributed by atoms with van der Waals surface area (Å²) in [4.78, 5) is 15.5. The second kappa shape index (κ2) is 5.99. The predicted molar refractivity (Wildman–Crippen MR) is 73.3 cm³/mol. The van der Waals surface area contributed by atoms with Crippen LogP contribution < -0.4 is 5.32 Å². The van der Waals surface area contributed by atoms with Crippen LogP contribution in [0.1, 0.15) is 25.0 Å². The van der Waals surface area contributed by atoms with Crippen molar-refractivity contribution in [2.45, 2.75) is 37.0 Å². The van der Waals surface area contributed by atoms with E-state index in [9.17, 15) is 4.79 Å². The Hall–Kier alpha value is -1.30. The number of aldehydes is 1. The smallest absolute Gasteiger partial charge is 0.158 e. The number of piperidine rings is 1. The van der Waals surface area contributed by atoms with Crippen LogP contribution in [0.15, 0.2) is 24.4 Å². The number of hydrogen-bond acceptors (Lipinski definition) is 5. The van der Waals surface area contributed by atoms with Crippen molar-refractivity contribution in [3.05, 3.63) is 30.1 Å². The molecule has 2 unspecified atom stereocenters. The maximum Gasteiger partial charge on any atom is 0.158 e. The number of pyridine rings is 1. The highest BCUT2D eigenvalue weighted by Gasteiger charge is 2.41. The molecule has 2 atom stereocenters. The zero-order chi connectivity index (χ0) is 13.8. The zero-order valence-corrected chi connectivity index (χ0v) is 11.5. The first-order valence-corrected chi connectivity index (χ1v) is 7.16. The first-order valence-electron chi connectivity index (χ1n) is 7.16. The Balaban J connectivity index is 1.81. The van der Waals surface area contributed by atoms with Crippen LogP contribution in [0.3, 0.4) is 0 Å². The van der Waals surface area contributed by atoms with E-state index in [4.69, 9.17) is 9.47 Å². The fourth-order valence-electron chi connectivity index (χ4n) is 3.08. The van der Waals surface area contributed by atoms with E-state index in [2.05, 4.69) is 16.4 Å². The number of ether oxygens (including phenoxy) is 2. The first kappa shape index (κ1) is 13.7. The zero-order valence-electron chi connectivity index (χ0n) is 11.5. The minimum Gasteiger partial charge on any atom is -0.350 e. The van der Waals surface area contributed by atoms with E-state index >= 15 is 0 Å². The van der Waals surface area contributed by atoms with Gasteiger partial charge in [-0.25, -0.2) is 0 Å². The quantitative estimate of drug-likeness (QED) is 0.832. The minimum absolute atomic E-state index is 0.0442. The molecule has 2 fully saturated rings. The summed E-state index contributed by atoms with van der Waals surface area (Å²) in [6.45, 7) is 2.05. The summed E-state index contributed by atoms with van der Waals surface area (Å²) in [6, 6.07) is 5.94. The molecule has 2 aliphatic rings. The third-order valence-corrected chi connectivity index (χ3v) is 4.26. The molecular weight excluding hydrogens is 256 g/mol. The van der Waals surface area contributed by atoms with E-state index in [1.165, 1.54) is 0 Å². The molecule has 1 N–H and O–H groups in total. The molecule has 5 heteroatoms. The van der Waals surface area contributed by atoms with Gasteiger partial charge in [0, 0.05) is 30.3 Å². The Morgan fingerprint density at radius 1 is 1.40 bits per heavy atom. The van der Waals surface area contributed by atoms with Crippen molar-refractivity contribution in [2.24, 2.45) is 0 Å². The van der Waals surface area contributed by atoms with E-state index < -0.39 is 0 Å². The van der Waals surface area contributed by atoms with Gasteiger partial charge < -0.3 is 19.6 Å². The Kier molecular flexibility index (Phi) is 4.10. The van der Waals surface area contributed by atoms with E-state index in [1.54, 1.807) is 0 Å².